The molecule has 5 fully saturated rings. The number of rotatable bonds is 10. The van der Waals surface area contributed by atoms with Gasteiger partial charge in [-0.1, -0.05) is 79.4 Å². The fraction of sp³-hybridized carbons (Fsp3) is 0.902. The smallest absolute Gasteiger partial charge is 0.309 e. The van der Waals surface area contributed by atoms with E-state index in [1.807, 2.05) is 0 Å². The molecule has 5 rings (SSSR count). The molecule has 4 heteroatoms. The van der Waals surface area contributed by atoms with E-state index in [4.69, 9.17) is 4.74 Å². The Morgan fingerprint density at radius 2 is 1.56 bits per heavy atom. The molecular formula is C41H68O4. The Morgan fingerprint density at radius 3 is 2.20 bits per heavy atom. The highest BCUT2D eigenvalue weighted by Crippen LogP contribution is 2.78. The number of unbranched alkanes of at least 4 members (excludes halogenated alkanes) is 3. The SMILES string of the molecule is C=C(C)[C@@H]1CC[C@]2(CCCCCC)CC[C@]3(C)[C@H](CC[C@@H]4[C@@]5(C)CC[C@H](OC(=O)CC(C)(C)C(=O)O)C(C)(C)[C@@H]5CC[C@]43C)[C@@H]12. The van der Waals surface area contributed by atoms with Crippen LogP contribution in [0.3, 0.4) is 0 Å². The van der Waals surface area contributed by atoms with Crippen LogP contribution in [0.25, 0.3) is 0 Å². The molecule has 0 saturated heterocycles. The fourth-order valence-electron chi connectivity index (χ4n) is 13.4. The first-order chi connectivity index (χ1) is 20.9. The van der Waals surface area contributed by atoms with E-state index in [9.17, 15) is 14.7 Å². The monoisotopic (exact) mass is 625 g/mol. The second-order valence-electron chi connectivity index (χ2n) is 19.1. The minimum absolute atomic E-state index is 0.0796. The lowest BCUT2D eigenvalue weighted by Crippen LogP contribution is -2.66. The molecule has 5 aliphatic carbocycles. The number of carboxylic acid groups (broad SMARTS) is 1. The number of carbonyl (C=O) groups is 2. The molecule has 5 saturated carbocycles. The Balaban J connectivity index is 1.39. The van der Waals surface area contributed by atoms with Gasteiger partial charge >= 0.3 is 11.9 Å². The van der Waals surface area contributed by atoms with E-state index < -0.39 is 11.4 Å². The molecule has 5 aliphatic rings. The number of carbonyl (C=O) groups excluding carboxylic acids is 1. The number of hydrogen-bond acceptors (Lipinski definition) is 3. The van der Waals surface area contributed by atoms with Crippen molar-refractivity contribution in [2.45, 2.75) is 171 Å². The number of ether oxygens (including phenoxy) is 1. The molecule has 0 aromatic carbocycles. The van der Waals surface area contributed by atoms with Crippen molar-refractivity contribution < 1.29 is 19.4 Å². The first-order valence-corrected chi connectivity index (χ1v) is 19.0. The molecule has 0 aliphatic heterocycles. The van der Waals surface area contributed by atoms with Gasteiger partial charge in [-0.2, -0.15) is 0 Å². The summed E-state index contributed by atoms with van der Waals surface area (Å²) in [6.07, 6.45) is 19.4. The lowest BCUT2D eigenvalue weighted by Gasteiger charge is -2.73. The molecule has 0 radical (unpaired) electrons. The quantitative estimate of drug-likeness (QED) is 0.149. The molecule has 0 aromatic heterocycles. The van der Waals surface area contributed by atoms with E-state index >= 15 is 0 Å². The van der Waals surface area contributed by atoms with Gasteiger partial charge in [-0.25, -0.2) is 0 Å². The van der Waals surface area contributed by atoms with Gasteiger partial charge in [-0.3, -0.25) is 9.59 Å². The van der Waals surface area contributed by atoms with Crippen LogP contribution in [-0.4, -0.2) is 23.1 Å². The van der Waals surface area contributed by atoms with Crippen molar-refractivity contribution >= 4 is 11.9 Å². The average Bonchev–Trinajstić information content (AvgIpc) is 3.33. The van der Waals surface area contributed by atoms with Crippen LogP contribution in [0.5, 0.6) is 0 Å². The van der Waals surface area contributed by atoms with Gasteiger partial charge in [0.25, 0.3) is 0 Å². The summed E-state index contributed by atoms with van der Waals surface area (Å²) >= 11 is 0. The minimum atomic E-state index is -1.11. The number of aliphatic carboxylic acids is 1. The number of esters is 1. The summed E-state index contributed by atoms with van der Waals surface area (Å²) in [5.74, 6) is 2.18. The average molecular weight is 625 g/mol. The van der Waals surface area contributed by atoms with Crippen molar-refractivity contribution in [1.82, 2.24) is 0 Å². The van der Waals surface area contributed by atoms with Gasteiger partial charge < -0.3 is 9.84 Å². The van der Waals surface area contributed by atoms with Crippen molar-refractivity contribution in [1.29, 1.82) is 0 Å². The second-order valence-corrected chi connectivity index (χ2v) is 19.1. The predicted molar refractivity (Wildman–Crippen MR) is 184 cm³/mol. The third-order valence-electron chi connectivity index (χ3n) is 16.1. The summed E-state index contributed by atoms with van der Waals surface area (Å²) in [5.41, 5.74) is 1.64. The second kappa shape index (κ2) is 12.0. The topological polar surface area (TPSA) is 63.6 Å². The lowest BCUT2D eigenvalue weighted by atomic mass is 9.32. The zero-order valence-corrected chi connectivity index (χ0v) is 30.7. The lowest BCUT2D eigenvalue weighted by molar-refractivity contribution is -0.250. The molecule has 1 N–H and O–H groups in total. The summed E-state index contributed by atoms with van der Waals surface area (Å²) < 4.78 is 6.18. The van der Waals surface area contributed by atoms with Crippen LogP contribution < -0.4 is 0 Å². The predicted octanol–water partition coefficient (Wildman–Crippen LogP) is 11.0. The highest BCUT2D eigenvalue weighted by atomic mass is 16.5. The standard InChI is InChI=1S/C41H68O4/c1-11-12-13-14-20-41-23-17-28(27(2)3)34(41)29-15-16-31-38(8)21-19-32(45-33(42)26-36(4,5)35(43)44)37(6,7)30(38)18-22-40(31,10)39(29,9)24-25-41/h28-32,34H,2,11-26H2,1,3-10H3,(H,43,44)/t28-,29+,30-,31+,32-,34+,38-,39+,40+,41+/m0/s1. The van der Waals surface area contributed by atoms with Crippen LogP contribution in [0.15, 0.2) is 12.2 Å². The van der Waals surface area contributed by atoms with Crippen LogP contribution >= 0.6 is 0 Å². The van der Waals surface area contributed by atoms with E-state index in [1.54, 1.807) is 13.8 Å². The van der Waals surface area contributed by atoms with Crippen molar-refractivity contribution in [2.75, 3.05) is 0 Å². The fourth-order valence-corrected chi connectivity index (χ4v) is 13.4. The zero-order chi connectivity index (χ0) is 33.2. The summed E-state index contributed by atoms with van der Waals surface area (Å²) in [6.45, 7) is 25.3. The Morgan fingerprint density at radius 1 is 0.844 bits per heavy atom. The van der Waals surface area contributed by atoms with Crippen molar-refractivity contribution in [2.24, 2.45) is 62.1 Å². The van der Waals surface area contributed by atoms with Crippen molar-refractivity contribution in [3.05, 3.63) is 12.2 Å². The number of fused-ring (bicyclic) bond motifs is 7. The summed E-state index contributed by atoms with van der Waals surface area (Å²) in [6, 6.07) is 0. The Hall–Kier alpha value is -1.32. The normalized spacial score (nSPS) is 43.8. The third-order valence-corrected chi connectivity index (χ3v) is 16.1. The molecule has 0 unspecified atom stereocenters. The van der Waals surface area contributed by atoms with Gasteiger partial charge in [-0.05, 0) is 143 Å². The molecule has 10 atom stereocenters. The van der Waals surface area contributed by atoms with Crippen LogP contribution in [0.2, 0.25) is 0 Å². The van der Waals surface area contributed by atoms with Gasteiger partial charge in [0.05, 0.1) is 11.8 Å². The molecule has 45 heavy (non-hydrogen) atoms. The summed E-state index contributed by atoms with van der Waals surface area (Å²) in [4.78, 5) is 24.7. The van der Waals surface area contributed by atoms with Crippen LogP contribution in [0.1, 0.15) is 165 Å². The molecule has 0 aromatic rings. The van der Waals surface area contributed by atoms with E-state index in [0.717, 1.165) is 24.7 Å². The van der Waals surface area contributed by atoms with E-state index in [1.165, 1.54) is 89.0 Å². The van der Waals surface area contributed by atoms with Gasteiger partial charge in [-0.15, -0.1) is 0 Å². The van der Waals surface area contributed by atoms with Gasteiger partial charge in [0, 0.05) is 5.41 Å². The van der Waals surface area contributed by atoms with Crippen LogP contribution in [0.4, 0.5) is 0 Å². The molecule has 4 nitrogen and oxygen atoms in total. The largest absolute Gasteiger partial charge is 0.481 e. The van der Waals surface area contributed by atoms with E-state index in [-0.39, 0.29) is 29.3 Å². The van der Waals surface area contributed by atoms with Gasteiger partial charge in [0.1, 0.15) is 6.10 Å². The first-order valence-electron chi connectivity index (χ1n) is 19.0. The highest BCUT2D eigenvalue weighted by molar-refractivity contribution is 5.81. The molecule has 256 valence electrons. The molecule has 0 spiro atoms. The summed E-state index contributed by atoms with van der Waals surface area (Å²) in [5, 5.41) is 9.58. The Kier molecular flexibility index (Phi) is 9.32. The molecule has 0 heterocycles. The minimum Gasteiger partial charge on any atom is -0.481 e. The Labute approximate surface area is 276 Å². The maximum Gasteiger partial charge on any atom is 0.309 e. The van der Waals surface area contributed by atoms with Crippen LogP contribution in [0, 0.1) is 62.1 Å². The number of allylic oxidation sites excluding steroid dienone is 1. The number of hydrogen-bond donors (Lipinski definition) is 1. The van der Waals surface area contributed by atoms with Crippen molar-refractivity contribution in [3.63, 3.8) is 0 Å². The maximum absolute atomic E-state index is 13.0. The van der Waals surface area contributed by atoms with E-state index in [0.29, 0.717) is 34.0 Å². The number of carboxylic acids is 1. The highest BCUT2D eigenvalue weighted by Gasteiger charge is 2.71. The molecule has 0 amide bonds. The van der Waals surface area contributed by atoms with Gasteiger partial charge in [0.15, 0.2) is 0 Å². The Bertz CT molecular complexity index is 1150. The first kappa shape index (κ1) is 35.0. The van der Waals surface area contributed by atoms with Crippen LogP contribution in [-0.2, 0) is 14.3 Å². The molecular weight excluding hydrogens is 556 g/mol. The van der Waals surface area contributed by atoms with E-state index in [2.05, 4.69) is 55.0 Å². The summed E-state index contributed by atoms with van der Waals surface area (Å²) in [7, 11) is 0. The zero-order valence-electron chi connectivity index (χ0n) is 30.7. The maximum atomic E-state index is 13.0. The third kappa shape index (κ3) is 5.47. The van der Waals surface area contributed by atoms with Crippen molar-refractivity contribution in [3.8, 4) is 0 Å². The molecule has 0 bridgehead atoms. The van der Waals surface area contributed by atoms with Gasteiger partial charge in [0.2, 0.25) is 0 Å².